The largest absolute Gasteiger partial charge is 0.490 e. The second-order valence-corrected chi connectivity index (χ2v) is 4.01. The molecule has 1 aromatic rings. The van der Waals surface area contributed by atoms with Crippen LogP contribution in [0.15, 0.2) is 12.1 Å². The van der Waals surface area contributed by atoms with E-state index in [2.05, 4.69) is 0 Å². The normalized spacial score (nSPS) is 10.2. The zero-order valence-corrected chi connectivity index (χ0v) is 10.2. The summed E-state index contributed by atoms with van der Waals surface area (Å²) in [5, 5.41) is 10.8. The van der Waals surface area contributed by atoms with Gasteiger partial charge in [-0.1, -0.05) is 36.5 Å². The van der Waals surface area contributed by atoms with Gasteiger partial charge in [0, 0.05) is 12.1 Å². The smallest absolute Gasteiger partial charge is 0.272 e. The number of rotatable bonds is 5. The van der Waals surface area contributed by atoms with Gasteiger partial charge in [0.2, 0.25) is 0 Å². The van der Waals surface area contributed by atoms with Crippen LogP contribution in [0.2, 0.25) is 10.0 Å². The van der Waals surface area contributed by atoms with Gasteiger partial charge in [0.1, 0.15) is 0 Å². The molecule has 0 atom stereocenters. The third-order valence-corrected chi connectivity index (χ3v) is 2.50. The number of hydrogen-bond donors (Lipinski definition) is 0. The van der Waals surface area contributed by atoms with Crippen molar-refractivity contribution in [2.24, 2.45) is 0 Å². The van der Waals surface area contributed by atoms with Crippen LogP contribution in [0.4, 0.5) is 5.69 Å². The molecule has 0 bridgehead atoms. The van der Waals surface area contributed by atoms with Crippen molar-refractivity contribution in [3.63, 3.8) is 0 Å². The number of non-ortho nitro benzene ring substituents is 1. The molecule has 0 N–H and O–H groups in total. The lowest BCUT2D eigenvalue weighted by Gasteiger charge is -2.08. The highest BCUT2D eigenvalue weighted by atomic mass is 35.5. The Morgan fingerprint density at radius 3 is 2.38 bits per heavy atom. The molecule has 0 saturated heterocycles. The van der Waals surface area contributed by atoms with Crippen molar-refractivity contribution in [2.75, 3.05) is 6.61 Å². The summed E-state index contributed by atoms with van der Waals surface area (Å²) in [6.07, 6.45) is 1.87. The Kier molecular flexibility index (Phi) is 4.83. The lowest BCUT2D eigenvalue weighted by Crippen LogP contribution is -1.98. The molecular weight excluding hydrogens is 253 g/mol. The Labute approximate surface area is 103 Å². The fourth-order valence-corrected chi connectivity index (χ4v) is 1.69. The van der Waals surface area contributed by atoms with Gasteiger partial charge in [-0.25, -0.2) is 0 Å². The average Bonchev–Trinajstić information content (AvgIpc) is 2.21. The quantitative estimate of drug-likeness (QED) is 0.457. The van der Waals surface area contributed by atoms with Crippen LogP contribution < -0.4 is 4.74 Å². The molecule has 0 aromatic heterocycles. The van der Waals surface area contributed by atoms with Crippen LogP contribution in [0.25, 0.3) is 0 Å². The van der Waals surface area contributed by atoms with E-state index >= 15 is 0 Å². The molecule has 0 spiro atoms. The Hall–Kier alpha value is -1.00. The van der Waals surface area contributed by atoms with Crippen LogP contribution in [-0.2, 0) is 0 Å². The van der Waals surface area contributed by atoms with E-state index < -0.39 is 4.92 Å². The van der Waals surface area contributed by atoms with Crippen LogP contribution in [0.1, 0.15) is 19.8 Å². The summed E-state index contributed by atoms with van der Waals surface area (Å²) < 4.78 is 5.36. The van der Waals surface area contributed by atoms with Gasteiger partial charge in [0.15, 0.2) is 5.75 Å². The third-order valence-electron chi connectivity index (χ3n) is 1.94. The lowest BCUT2D eigenvalue weighted by molar-refractivity contribution is -0.384. The third kappa shape index (κ3) is 3.25. The van der Waals surface area contributed by atoms with E-state index in [0.717, 1.165) is 12.8 Å². The highest BCUT2D eigenvalue weighted by Gasteiger charge is 2.15. The molecule has 4 nitrogen and oxygen atoms in total. The van der Waals surface area contributed by atoms with Crippen molar-refractivity contribution >= 4 is 28.9 Å². The fourth-order valence-electron chi connectivity index (χ4n) is 1.11. The van der Waals surface area contributed by atoms with Crippen LogP contribution in [0, 0.1) is 10.1 Å². The zero-order valence-electron chi connectivity index (χ0n) is 8.70. The van der Waals surface area contributed by atoms with Gasteiger partial charge >= 0.3 is 0 Å². The van der Waals surface area contributed by atoms with Gasteiger partial charge in [-0.05, 0) is 6.42 Å². The number of benzene rings is 1. The van der Waals surface area contributed by atoms with Gasteiger partial charge in [-0.2, -0.15) is 0 Å². The Bertz CT molecular complexity index is 373. The molecule has 0 aliphatic carbocycles. The lowest BCUT2D eigenvalue weighted by atomic mass is 10.3. The molecule has 1 rings (SSSR count). The molecule has 0 fully saturated rings. The van der Waals surface area contributed by atoms with Crippen LogP contribution in [0.3, 0.4) is 0 Å². The number of nitro benzene ring substituents is 1. The zero-order chi connectivity index (χ0) is 12.1. The Morgan fingerprint density at radius 2 is 1.94 bits per heavy atom. The second-order valence-electron chi connectivity index (χ2n) is 3.20. The van der Waals surface area contributed by atoms with Crippen LogP contribution in [-0.4, -0.2) is 11.5 Å². The molecule has 6 heteroatoms. The van der Waals surface area contributed by atoms with E-state index in [-0.39, 0.29) is 15.7 Å². The molecule has 0 radical (unpaired) electrons. The summed E-state index contributed by atoms with van der Waals surface area (Å²) in [6.45, 7) is 2.52. The topological polar surface area (TPSA) is 52.4 Å². The minimum atomic E-state index is -0.548. The molecule has 0 amide bonds. The molecule has 0 aliphatic rings. The van der Waals surface area contributed by atoms with Crippen molar-refractivity contribution in [2.45, 2.75) is 19.8 Å². The monoisotopic (exact) mass is 263 g/mol. The average molecular weight is 264 g/mol. The van der Waals surface area contributed by atoms with Gasteiger partial charge < -0.3 is 4.74 Å². The number of halogens is 2. The highest BCUT2D eigenvalue weighted by Crippen LogP contribution is 2.36. The molecule has 0 aliphatic heterocycles. The van der Waals surface area contributed by atoms with Crippen LogP contribution >= 0.6 is 23.2 Å². The first-order valence-corrected chi connectivity index (χ1v) is 5.58. The Morgan fingerprint density at radius 1 is 1.38 bits per heavy atom. The highest BCUT2D eigenvalue weighted by molar-refractivity contribution is 6.37. The summed E-state index contributed by atoms with van der Waals surface area (Å²) in [6, 6.07) is 2.46. The first-order chi connectivity index (χ1) is 7.56. The molecule has 0 heterocycles. The maximum atomic E-state index is 10.5. The predicted molar refractivity (Wildman–Crippen MR) is 63.5 cm³/mol. The van der Waals surface area contributed by atoms with Gasteiger partial charge in [0.05, 0.1) is 21.6 Å². The van der Waals surface area contributed by atoms with Crippen molar-refractivity contribution in [1.82, 2.24) is 0 Å². The maximum absolute atomic E-state index is 10.5. The van der Waals surface area contributed by atoms with E-state index in [1.807, 2.05) is 6.92 Å². The summed E-state index contributed by atoms with van der Waals surface area (Å²) in [7, 11) is 0. The summed E-state index contributed by atoms with van der Waals surface area (Å²) >= 11 is 11.7. The minimum Gasteiger partial charge on any atom is -0.490 e. The summed E-state index contributed by atoms with van der Waals surface area (Å²) in [5.41, 5.74) is -0.141. The van der Waals surface area contributed by atoms with Gasteiger partial charge in [-0.15, -0.1) is 0 Å². The number of ether oxygens (including phenoxy) is 1. The number of unbranched alkanes of at least 4 members (excludes halogenated alkanes) is 1. The number of nitro groups is 1. The molecule has 16 heavy (non-hydrogen) atoms. The first kappa shape index (κ1) is 13.1. The summed E-state index contributed by atoms with van der Waals surface area (Å²) in [5.74, 6) is 0.308. The molecular formula is C10H11Cl2NO3. The van der Waals surface area contributed by atoms with Gasteiger partial charge in [0.25, 0.3) is 5.69 Å². The maximum Gasteiger partial charge on any atom is 0.272 e. The fraction of sp³-hybridized carbons (Fsp3) is 0.400. The Balaban J connectivity index is 2.89. The standard InChI is InChI=1S/C10H11Cl2NO3/c1-2-3-4-16-10-8(11)5-7(13(14)15)6-9(10)12/h5-6H,2-4H2,1H3. The van der Waals surface area contributed by atoms with E-state index in [0.29, 0.717) is 12.4 Å². The van der Waals surface area contributed by atoms with Crippen molar-refractivity contribution < 1.29 is 9.66 Å². The van der Waals surface area contributed by atoms with Crippen LogP contribution in [0.5, 0.6) is 5.75 Å². The van der Waals surface area contributed by atoms with Crippen molar-refractivity contribution in [3.8, 4) is 5.75 Å². The van der Waals surface area contributed by atoms with Gasteiger partial charge in [-0.3, -0.25) is 10.1 Å². The van der Waals surface area contributed by atoms with E-state index in [1.165, 1.54) is 12.1 Å². The predicted octanol–water partition coefficient (Wildman–Crippen LogP) is 4.08. The molecule has 1 aromatic carbocycles. The minimum absolute atomic E-state index is 0.141. The van der Waals surface area contributed by atoms with E-state index in [4.69, 9.17) is 27.9 Å². The van der Waals surface area contributed by atoms with Crippen molar-refractivity contribution in [1.29, 1.82) is 0 Å². The SMILES string of the molecule is CCCCOc1c(Cl)cc([N+](=O)[O-])cc1Cl. The van der Waals surface area contributed by atoms with E-state index in [1.54, 1.807) is 0 Å². The molecule has 88 valence electrons. The second kappa shape index (κ2) is 5.92. The summed E-state index contributed by atoms with van der Waals surface area (Å²) in [4.78, 5) is 9.98. The number of nitrogens with zero attached hydrogens (tertiary/aromatic N) is 1. The van der Waals surface area contributed by atoms with Crippen molar-refractivity contribution in [3.05, 3.63) is 32.3 Å². The molecule has 0 saturated carbocycles. The molecule has 0 unspecified atom stereocenters. The number of hydrogen-bond acceptors (Lipinski definition) is 3. The first-order valence-electron chi connectivity index (χ1n) is 4.82. The van der Waals surface area contributed by atoms with E-state index in [9.17, 15) is 10.1 Å².